The maximum atomic E-state index is 12.7. The second kappa shape index (κ2) is 5.92. The molecule has 19 heavy (non-hydrogen) atoms. The van der Waals surface area contributed by atoms with E-state index in [4.69, 9.17) is 20.6 Å². The summed E-state index contributed by atoms with van der Waals surface area (Å²) >= 11 is 0. The van der Waals surface area contributed by atoms with Gasteiger partial charge in [0.05, 0.1) is 12.2 Å². The van der Waals surface area contributed by atoms with Crippen molar-refractivity contribution in [3.05, 3.63) is 29.3 Å². The van der Waals surface area contributed by atoms with Crippen LogP contribution in [0.15, 0.2) is 18.2 Å². The van der Waals surface area contributed by atoms with Gasteiger partial charge >= 0.3 is 6.18 Å². The van der Waals surface area contributed by atoms with Gasteiger partial charge in [0.25, 0.3) is 0 Å². The number of ether oxygens (including phenoxy) is 2. The minimum atomic E-state index is -4.56. The van der Waals surface area contributed by atoms with Crippen molar-refractivity contribution in [3.63, 3.8) is 0 Å². The van der Waals surface area contributed by atoms with Gasteiger partial charge in [-0.2, -0.15) is 13.2 Å². The molecule has 106 valence electrons. The molecule has 0 aliphatic carbocycles. The number of benzene rings is 1. The van der Waals surface area contributed by atoms with E-state index in [9.17, 15) is 13.2 Å². The zero-order chi connectivity index (χ0) is 14.6. The average Bonchev–Trinajstić information content (AvgIpc) is 2.27. The van der Waals surface area contributed by atoms with Gasteiger partial charge in [0.15, 0.2) is 0 Å². The molecule has 1 atom stereocenters. The number of methoxy groups -OCH3 is 1. The van der Waals surface area contributed by atoms with Crippen LogP contribution in [0, 0.1) is 5.41 Å². The lowest BCUT2D eigenvalue weighted by atomic mass is 10.1. The fourth-order valence-corrected chi connectivity index (χ4v) is 1.57. The predicted octanol–water partition coefficient (Wildman–Crippen LogP) is 2.40. The average molecular weight is 276 g/mol. The van der Waals surface area contributed by atoms with Crippen molar-refractivity contribution in [3.8, 4) is 5.75 Å². The highest BCUT2D eigenvalue weighted by molar-refractivity contribution is 5.97. The van der Waals surface area contributed by atoms with Gasteiger partial charge in [-0.3, -0.25) is 5.41 Å². The van der Waals surface area contributed by atoms with E-state index in [2.05, 4.69) is 0 Å². The molecule has 7 heteroatoms. The first-order valence-electron chi connectivity index (χ1n) is 5.47. The molecule has 0 saturated heterocycles. The molecule has 0 spiro atoms. The van der Waals surface area contributed by atoms with Gasteiger partial charge in [0.1, 0.15) is 17.7 Å². The highest BCUT2D eigenvalue weighted by Gasteiger charge is 2.34. The van der Waals surface area contributed by atoms with Crippen LogP contribution in [0.25, 0.3) is 0 Å². The molecule has 4 nitrogen and oxygen atoms in total. The van der Waals surface area contributed by atoms with E-state index in [1.165, 1.54) is 13.2 Å². The summed E-state index contributed by atoms with van der Waals surface area (Å²) < 4.78 is 48.4. The zero-order valence-corrected chi connectivity index (χ0v) is 10.5. The molecule has 3 N–H and O–H groups in total. The van der Waals surface area contributed by atoms with Crippen LogP contribution in [-0.2, 0) is 10.9 Å². The highest BCUT2D eigenvalue weighted by Crippen LogP contribution is 2.33. The SMILES string of the molecule is COCC(C)Oc1ccc(C(F)(F)F)c(C(=N)N)c1. The summed E-state index contributed by atoms with van der Waals surface area (Å²) in [6, 6.07) is 3.16. The maximum Gasteiger partial charge on any atom is 0.417 e. The monoisotopic (exact) mass is 276 g/mol. The van der Waals surface area contributed by atoms with Crippen molar-refractivity contribution < 1.29 is 22.6 Å². The fourth-order valence-electron chi connectivity index (χ4n) is 1.57. The van der Waals surface area contributed by atoms with Gasteiger partial charge in [-0.25, -0.2) is 0 Å². The third kappa shape index (κ3) is 4.13. The molecule has 1 unspecified atom stereocenters. The summed E-state index contributed by atoms with van der Waals surface area (Å²) in [4.78, 5) is 0. The molecule has 0 aliphatic rings. The molecule has 0 radical (unpaired) electrons. The van der Waals surface area contributed by atoms with Crippen molar-refractivity contribution in [1.29, 1.82) is 5.41 Å². The highest BCUT2D eigenvalue weighted by atomic mass is 19.4. The van der Waals surface area contributed by atoms with Crippen LogP contribution in [-0.4, -0.2) is 25.7 Å². The Bertz CT molecular complexity index is 461. The number of hydrogen-bond donors (Lipinski definition) is 2. The predicted molar refractivity (Wildman–Crippen MR) is 64.4 cm³/mol. The number of halogens is 3. The molecule has 0 bridgehead atoms. The van der Waals surface area contributed by atoms with Crippen LogP contribution in [0.3, 0.4) is 0 Å². The van der Waals surface area contributed by atoms with E-state index >= 15 is 0 Å². The number of rotatable bonds is 5. The van der Waals surface area contributed by atoms with Crippen LogP contribution < -0.4 is 10.5 Å². The molecule has 1 aromatic rings. The van der Waals surface area contributed by atoms with Gasteiger partial charge in [0, 0.05) is 12.7 Å². The van der Waals surface area contributed by atoms with Crippen LogP contribution in [0.4, 0.5) is 13.2 Å². The molecule has 0 saturated carbocycles. The van der Waals surface area contributed by atoms with E-state index in [0.29, 0.717) is 6.61 Å². The summed E-state index contributed by atoms with van der Waals surface area (Å²) in [6.07, 6.45) is -4.88. The summed E-state index contributed by atoms with van der Waals surface area (Å²) in [7, 11) is 1.49. The first-order valence-corrected chi connectivity index (χ1v) is 5.47. The first kappa shape index (κ1) is 15.3. The molecule has 1 rings (SSSR count). The van der Waals surface area contributed by atoms with Crippen molar-refractivity contribution in [1.82, 2.24) is 0 Å². The van der Waals surface area contributed by atoms with E-state index in [1.807, 2.05) is 0 Å². The van der Waals surface area contributed by atoms with Crippen LogP contribution in [0.1, 0.15) is 18.1 Å². The lowest BCUT2D eigenvalue weighted by Gasteiger charge is -2.17. The van der Waals surface area contributed by atoms with Crippen molar-refractivity contribution >= 4 is 5.84 Å². The summed E-state index contributed by atoms with van der Waals surface area (Å²) in [5.74, 6) is -0.445. The number of hydrogen-bond acceptors (Lipinski definition) is 3. The molecular weight excluding hydrogens is 261 g/mol. The largest absolute Gasteiger partial charge is 0.488 e. The fraction of sp³-hybridized carbons (Fsp3) is 0.417. The third-order valence-corrected chi connectivity index (χ3v) is 2.33. The van der Waals surface area contributed by atoms with E-state index in [1.54, 1.807) is 6.92 Å². The molecule has 0 aromatic heterocycles. The second-order valence-electron chi connectivity index (χ2n) is 4.00. The smallest absolute Gasteiger partial charge is 0.417 e. The lowest BCUT2D eigenvalue weighted by molar-refractivity contribution is -0.137. The van der Waals surface area contributed by atoms with E-state index < -0.39 is 23.1 Å². The van der Waals surface area contributed by atoms with Gasteiger partial charge in [-0.1, -0.05) is 0 Å². The Morgan fingerprint density at radius 2 is 2.05 bits per heavy atom. The zero-order valence-electron chi connectivity index (χ0n) is 10.5. The standard InChI is InChI=1S/C12H15F3N2O2/c1-7(6-18-2)19-8-3-4-10(12(13,14)15)9(5-8)11(16)17/h3-5,7H,6H2,1-2H3,(H3,16,17). The van der Waals surface area contributed by atoms with Gasteiger partial charge < -0.3 is 15.2 Å². The Labute approximate surface area is 108 Å². The Morgan fingerprint density at radius 3 is 2.53 bits per heavy atom. The van der Waals surface area contributed by atoms with E-state index in [0.717, 1.165) is 12.1 Å². The van der Waals surface area contributed by atoms with Crippen LogP contribution in [0.5, 0.6) is 5.75 Å². The molecule has 0 fully saturated rings. The number of nitrogens with two attached hydrogens (primary N) is 1. The molecule has 1 aromatic carbocycles. The first-order chi connectivity index (χ1) is 8.75. The van der Waals surface area contributed by atoms with E-state index in [-0.39, 0.29) is 11.9 Å². The minimum Gasteiger partial charge on any atom is -0.488 e. The van der Waals surface area contributed by atoms with Crippen molar-refractivity contribution in [2.24, 2.45) is 5.73 Å². The number of amidine groups is 1. The molecule has 0 heterocycles. The summed E-state index contributed by atoms with van der Waals surface area (Å²) in [6.45, 7) is 2.02. The van der Waals surface area contributed by atoms with Crippen molar-refractivity contribution in [2.45, 2.75) is 19.2 Å². The third-order valence-electron chi connectivity index (χ3n) is 2.33. The summed E-state index contributed by atoms with van der Waals surface area (Å²) in [5, 5.41) is 7.21. The van der Waals surface area contributed by atoms with Gasteiger partial charge in [-0.05, 0) is 25.1 Å². The topological polar surface area (TPSA) is 68.3 Å². The second-order valence-corrected chi connectivity index (χ2v) is 4.00. The number of nitrogen functional groups attached to an aromatic ring is 1. The van der Waals surface area contributed by atoms with Gasteiger partial charge in [-0.15, -0.1) is 0 Å². The maximum absolute atomic E-state index is 12.7. The lowest BCUT2D eigenvalue weighted by Crippen LogP contribution is -2.21. The van der Waals surface area contributed by atoms with Crippen LogP contribution in [0.2, 0.25) is 0 Å². The number of nitrogens with one attached hydrogen (secondary N) is 1. The Morgan fingerprint density at radius 1 is 1.42 bits per heavy atom. The Hall–Kier alpha value is -1.76. The molecule has 0 aliphatic heterocycles. The van der Waals surface area contributed by atoms with Crippen molar-refractivity contribution in [2.75, 3.05) is 13.7 Å². The summed E-state index contributed by atoms with van der Waals surface area (Å²) in [5.41, 5.74) is 3.83. The number of alkyl halides is 3. The van der Waals surface area contributed by atoms with Gasteiger partial charge in [0.2, 0.25) is 0 Å². The molecular formula is C12H15F3N2O2. The Kier molecular flexibility index (Phi) is 4.77. The van der Waals surface area contributed by atoms with Crippen LogP contribution >= 0.6 is 0 Å². The normalized spacial score (nSPS) is 13.1. The quantitative estimate of drug-likeness (QED) is 0.641. The Balaban J connectivity index is 3.07. The molecule has 0 amide bonds. The minimum absolute atomic E-state index is 0.211.